The molecule has 3 N–H and O–H groups in total. The van der Waals surface area contributed by atoms with Crippen molar-refractivity contribution in [1.29, 1.82) is 0 Å². The lowest BCUT2D eigenvalue weighted by Crippen LogP contribution is -2.47. The van der Waals surface area contributed by atoms with E-state index in [9.17, 15) is 34.5 Å². The zero-order valence-electron chi connectivity index (χ0n) is 36.8. The van der Waals surface area contributed by atoms with Gasteiger partial charge in [0, 0.05) is 71.6 Å². The number of ether oxygens (including phenoxy) is 3. The molecule has 2 aliphatic heterocycles. The van der Waals surface area contributed by atoms with Gasteiger partial charge in [0.25, 0.3) is 0 Å². The van der Waals surface area contributed by atoms with Crippen molar-refractivity contribution in [2.24, 2.45) is 11.8 Å². The summed E-state index contributed by atoms with van der Waals surface area (Å²) in [6.45, 7) is 9.28. The number of benzene rings is 2. The predicted molar refractivity (Wildman–Crippen MR) is 251 cm³/mol. The highest BCUT2D eigenvalue weighted by Crippen LogP contribution is 2.50. The summed E-state index contributed by atoms with van der Waals surface area (Å²) < 4.78 is 15.6. The number of carbonyl (C=O) groups is 4. The largest absolute Gasteiger partial charge is 0.478 e. The van der Waals surface area contributed by atoms with Gasteiger partial charge in [0.15, 0.2) is 0 Å². The second-order valence-electron chi connectivity index (χ2n) is 17.4. The topological polar surface area (TPSA) is 189 Å². The molecule has 350 valence electrons. The number of carbonyl (C=O) groups excluding carboxylic acids is 3. The number of nitrogens with zero attached hydrogens (tertiary/aromatic N) is 4. The van der Waals surface area contributed by atoms with E-state index in [-0.39, 0.29) is 37.0 Å². The molecular formula is C50H56Cl2N4O10. The molecule has 2 aromatic carbocycles. The van der Waals surface area contributed by atoms with Gasteiger partial charge in [0.05, 0.1) is 36.3 Å². The van der Waals surface area contributed by atoms with Gasteiger partial charge < -0.3 is 39.3 Å². The maximum Gasteiger partial charge on any atom is 0.410 e. The van der Waals surface area contributed by atoms with E-state index in [4.69, 9.17) is 37.4 Å². The number of rotatable bonds is 5. The Hall–Kier alpha value is -5.80. The summed E-state index contributed by atoms with van der Waals surface area (Å²) in [7, 11) is 1.32. The highest BCUT2D eigenvalue weighted by atomic mass is 35.5. The fraction of sp³-hybridized carbons (Fsp3) is 0.400. The SMILES string of the molecule is C.CC(C)(C)OC(=O)N1CCC(C2(O)c3ccc(Cl)cc3C(C(=O)O)=Cc3cccnc32)CC1.CCOC(=O)N1CCC(C2(O)c3ccc(Cl)cc3C(C(=O)OC)=Cc3cccnc32)CC1. The number of halogens is 2. The number of fused-ring (bicyclic) bond motifs is 4. The van der Waals surface area contributed by atoms with Crippen LogP contribution in [-0.4, -0.2) is 105 Å². The fourth-order valence-corrected chi connectivity index (χ4v) is 9.70. The first kappa shape index (κ1) is 49.6. The van der Waals surface area contributed by atoms with Crippen LogP contribution in [0.25, 0.3) is 23.3 Å². The minimum absolute atomic E-state index is 0. The predicted octanol–water partition coefficient (Wildman–Crippen LogP) is 9.06. The average Bonchev–Trinajstić information content (AvgIpc) is 3.47. The van der Waals surface area contributed by atoms with Gasteiger partial charge in [0.1, 0.15) is 16.8 Å². The van der Waals surface area contributed by atoms with Crippen molar-refractivity contribution >= 4 is 70.6 Å². The van der Waals surface area contributed by atoms with E-state index >= 15 is 0 Å². The molecule has 4 aromatic rings. The van der Waals surface area contributed by atoms with Crippen LogP contribution in [0.2, 0.25) is 10.0 Å². The normalized spacial score (nSPS) is 20.4. The number of hydrogen-bond acceptors (Lipinski definition) is 11. The van der Waals surface area contributed by atoms with Gasteiger partial charge in [-0.25, -0.2) is 19.2 Å². The molecule has 2 aliphatic carbocycles. The number of aromatic nitrogens is 2. The lowest BCUT2D eigenvalue weighted by molar-refractivity contribution is -0.133. The number of aliphatic hydroxyl groups is 2. The number of likely N-dealkylation sites (tertiary alicyclic amines) is 2. The van der Waals surface area contributed by atoms with E-state index in [1.807, 2.05) is 26.8 Å². The molecule has 0 spiro atoms. The van der Waals surface area contributed by atoms with E-state index in [1.54, 1.807) is 89.8 Å². The van der Waals surface area contributed by atoms with Crippen LogP contribution in [0.15, 0.2) is 73.1 Å². The number of amides is 2. The molecule has 4 heterocycles. The van der Waals surface area contributed by atoms with Gasteiger partial charge in [-0.15, -0.1) is 0 Å². The molecule has 2 atom stereocenters. The zero-order valence-corrected chi connectivity index (χ0v) is 38.4. The van der Waals surface area contributed by atoms with Crippen LogP contribution in [0.3, 0.4) is 0 Å². The number of carboxylic acids is 1. The maximum atomic E-state index is 12.7. The number of carboxylic acid groups (broad SMARTS) is 1. The van der Waals surface area contributed by atoms with Gasteiger partial charge in [0.2, 0.25) is 0 Å². The summed E-state index contributed by atoms with van der Waals surface area (Å²) in [4.78, 5) is 61.8. The number of esters is 1. The third-order valence-corrected chi connectivity index (χ3v) is 12.8. The molecule has 8 rings (SSSR count). The molecule has 0 radical (unpaired) electrons. The second-order valence-corrected chi connectivity index (χ2v) is 18.3. The van der Waals surface area contributed by atoms with Crippen molar-refractivity contribution in [3.63, 3.8) is 0 Å². The van der Waals surface area contributed by atoms with Gasteiger partial charge in [-0.05, 0) is 124 Å². The van der Waals surface area contributed by atoms with Crippen molar-refractivity contribution in [2.45, 2.75) is 77.6 Å². The van der Waals surface area contributed by atoms with E-state index in [2.05, 4.69) is 9.97 Å². The Morgan fingerprint density at radius 1 is 0.727 bits per heavy atom. The first-order chi connectivity index (χ1) is 30.9. The molecule has 14 nitrogen and oxygen atoms in total. The molecule has 2 saturated heterocycles. The summed E-state index contributed by atoms with van der Waals surface area (Å²) >= 11 is 12.5. The third-order valence-electron chi connectivity index (χ3n) is 12.3. The number of aliphatic carboxylic acids is 1. The van der Waals surface area contributed by atoms with Crippen LogP contribution >= 0.6 is 23.2 Å². The minimum Gasteiger partial charge on any atom is -0.478 e. The van der Waals surface area contributed by atoms with E-state index in [0.29, 0.717) is 119 Å². The van der Waals surface area contributed by atoms with Crippen LogP contribution in [0, 0.1) is 11.8 Å². The molecule has 2 unspecified atom stereocenters. The van der Waals surface area contributed by atoms with E-state index < -0.39 is 28.7 Å². The Morgan fingerprint density at radius 3 is 1.59 bits per heavy atom. The summed E-state index contributed by atoms with van der Waals surface area (Å²) in [6.07, 6.45) is 7.80. The number of methoxy groups -OCH3 is 1. The van der Waals surface area contributed by atoms with E-state index in [0.717, 1.165) is 0 Å². The van der Waals surface area contributed by atoms with Crippen LogP contribution in [0.5, 0.6) is 0 Å². The summed E-state index contributed by atoms with van der Waals surface area (Å²) in [6, 6.07) is 17.1. The van der Waals surface area contributed by atoms with Crippen molar-refractivity contribution in [3.8, 4) is 0 Å². The first-order valence-electron chi connectivity index (χ1n) is 21.5. The quantitative estimate of drug-likeness (QED) is 0.127. The Bertz CT molecular complexity index is 2560. The van der Waals surface area contributed by atoms with Crippen LogP contribution in [0.4, 0.5) is 9.59 Å². The second kappa shape index (κ2) is 20.0. The Kier molecular flexibility index (Phi) is 15.0. The smallest absolute Gasteiger partial charge is 0.410 e. The molecule has 4 aliphatic rings. The van der Waals surface area contributed by atoms with E-state index in [1.165, 1.54) is 13.2 Å². The van der Waals surface area contributed by atoms with Gasteiger partial charge in [-0.2, -0.15) is 0 Å². The third kappa shape index (κ3) is 9.69. The molecule has 2 amide bonds. The molecule has 66 heavy (non-hydrogen) atoms. The van der Waals surface area contributed by atoms with Crippen LogP contribution in [0.1, 0.15) is 106 Å². The van der Waals surface area contributed by atoms with Gasteiger partial charge in [-0.1, -0.05) is 54.9 Å². The standard InChI is InChI=1S/C25H27ClN2O5.C24H25ClN2O5.CH4/c1-24(2,3)33-23(31)28-11-8-16(9-12-28)25(32)20-7-6-17(26)14-18(20)19(22(29)30)13-15-5-4-10-27-21(15)25;1-3-32-23(29)27-11-8-16(9-12-27)24(30)20-7-6-17(25)14-18(20)19(22(28)31-2)13-15-5-4-10-26-21(15)24;/h4-7,10,13-14,16,32H,8-9,11-12H2,1-3H3,(H,29,30);4-7,10,13-14,16,30H,3,8-9,11-12H2,1-2H3;1H4. The van der Waals surface area contributed by atoms with Gasteiger partial charge in [-0.3, -0.25) is 9.97 Å². The number of hydrogen-bond donors (Lipinski definition) is 3. The Morgan fingerprint density at radius 2 is 1.17 bits per heavy atom. The van der Waals surface area contributed by atoms with Crippen molar-refractivity contribution in [3.05, 3.63) is 128 Å². The molecule has 0 saturated carbocycles. The van der Waals surface area contributed by atoms with Crippen LogP contribution in [-0.2, 0) is 35.0 Å². The molecule has 2 aromatic heterocycles. The lowest BCUT2D eigenvalue weighted by atomic mass is 9.72. The van der Waals surface area contributed by atoms with Crippen molar-refractivity contribution in [2.75, 3.05) is 39.9 Å². The minimum atomic E-state index is -1.55. The molecule has 2 fully saturated rings. The Labute approximate surface area is 394 Å². The van der Waals surface area contributed by atoms with Gasteiger partial charge >= 0.3 is 24.1 Å². The summed E-state index contributed by atoms with van der Waals surface area (Å²) in [5.74, 6) is -2.18. The highest BCUT2D eigenvalue weighted by molar-refractivity contribution is 6.32. The molecule has 0 bridgehead atoms. The number of piperidine rings is 2. The highest BCUT2D eigenvalue weighted by Gasteiger charge is 2.49. The number of pyridine rings is 2. The first-order valence-corrected chi connectivity index (χ1v) is 22.3. The Balaban J connectivity index is 0.000000215. The fourth-order valence-electron chi connectivity index (χ4n) is 9.35. The zero-order chi connectivity index (χ0) is 46.8. The summed E-state index contributed by atoms with van der Waals surface area (Å²) in [5.41, 5.74) is 0.652. The lowest BCUT2D eigenvalue weighted by Gasteiger charge is -2.42. The summed E-state index contributed by atoms with van der Waals surface area (Å²) in [5, 5.41) is 35.4. The van der Waals surface area contributed by atoms with Crippen LogP contribution < -0.4 is 0 Å². The molecular weight excluding hydrogens is 887 g/mol. The van der Waals surface area contributed by atoms with Crippen molar-refractivity contribution < 1.29 is 48.7 Å². The van der Waals surface area contributed by atoms with Crippen molar-refractivity contribution in [1.82, 2.24) is 19.8 Å². The average molecular weight is 944 g/mol. The molecule has 16 heteroatoms. The maximum absolute atomic E-state index is 12.7. The monoisotopic (exact) mass is 942 g/mol.